The van der Waals surface area contributed by atoms with Gasteiger partial charge in [-0.2, -0.15) is 0 Å². The molecule has 1 aromatic carbocycles. The van der Waals surface area contributed by atoms with Crippen LogP contribution < -0.4 is 0 Å². The van der Waals surface area contributed by atoms with E-state index >= 15 is 0 Å². The Balaban J connectivity index is 2.34. The van der Waals surface area contributed by atoms with Gasteiger partial charge in [0.2, 0.25) is 0 Å². The van der Waals surface area contributed by atoms with Crippen LogP contribution in [0.25, 0.3) is 0 Å². The fraction of sp³-hybridized carbons (Fsp3) is 0.533. The molecule has 0 saturated heterocycles. The zero-order chi connectivity index (χ0) is 13.5. The number of rotatable bonds is 7. The van der Waals surface area contributed by atoms with Gasteiger partial charge >= 0.3 is 0 Å². The largest absolute Gasteiger partial charge is 0.306 e. The topological polar surface area (TPSA) is 20.3 Å². The molecule has 2 nitrogen and oxygen atoms in total. The molecule has 0 unspecified atom stereocenters. The van der Waals surface area contributed by atoms with Crippen molar-refractivity contribution in [1.29, 1.82) is 0 Å². The summed E-state index contributed by atoms with van der Waals surface area (Å²) >= 11 is 0. The van der Waals surface area contributed by atoms with E-state index in [1.165, 1.54) is 12.1 Å². The molecule has 0 amide bonds. The molecule has 1 rings (SSSR count). The van der Waals surface area contributed by atoms with Crippen molar-refractivity contribution in [3.8, 4) is 0 Å². The highest BCUT2D eigenvalue weighted by Crippen LogP contribution is 2.07. The minimum Gasteiger partial charge on any atom is -0.306 e. The van der Waals surface area contributed by atoms with Crippen LogP contribution in [-0.2, 0) is 0 Å². The number of benzene rings is 1. The quantitative estimate of drug-likeness (QED) is 0.692. The van der Waals surface area contributed by atoms with E-state index in [1.807, 2.05) is 7.05 Å². The van der Waals surface area contributed by atoms with Crippen LogP contribution in [0.2, 0.25) is 0 Å². The van der Waals surface area contributed by atoms with E-state index in [0.717, 1.165) is 19.5 Å². The van der Waals surface area contributed by atoms with Gasteiger partial charge in [-0.05, 0) is 50.2 Å². The van der Waals surface area contributed by atoms with E-state index in [-0.39, 0.29) is 11.6 Å². The average Bonchev–Trinajstić information content (AvgIpc) is 2.34. The van der Waals surface area contributed by atoms with Gasteiger partial charge < -0.3 is 4.90 Å². The molecule has 0 atom stereocenters. The summed E-state index contributed by atoms with van der Waals surface area (Å²) in [5.74, 6) is 0.451. The summed E-state index contributed by atoms with van der Waals surface area (Å²) in [6, 6.07) is 5.75. The van der Waals surface area contributed by atoms with Gasteiger partial charge in [-0.3, -0.25) is 4.79 Å². The Morgan fingerprint density at radius 2 is 1.83 bits per heavy atom. The molecule has 3 heteroatoms. The van der Waals surface area contributed by atoms with Crippen LogP contribution in [0.15, 0.2) is 24.3 Å². The highest BCUT2D eigenvalue weighted by atomic mass is 19.1. The van der Waals surface area contributed by atoms with Gasteiger partial charge in [0.1, 0.15) is 5.82 Å². The zero-order valence-corrected chi connectivity index (χ0v) is 11.4. The number of hydrogen-bond donors (Lipinski definition) is 0. The molecular weight excluding hydrogens is 229 g/mol. The van der Waals surface area contributed by atoms with Crippen molar-refractivity contribution in [2.75, 3.05) is 20.1 Å². The van der Waals surface area contributed by atoms with Crippen LogP contribution in [0.1, 0.15) is 37.0 Å². The average molecular weight is 251 g/mol. The Morgan fingerprint density at radius 1 is 1.22 bits per heavy atom. The number of nitrogens with zero attached hydrogens (tertiary/aromatic N) is 1. The normalized spacial score (nSPS) is 11.2. The van der Waals surface area contributed by atoms with Gasteiger partial charge in [-0.25, -0.2) is 4.39 Å². The number of halogens is 1. The van der Waals surface area contributed by atoms with Crippen molar-refractivity contribution in [2.24, 2.45) is 5.92 Å². The van der Waals surface area contributed by atoms with Gasteiger partial charge in [0.05, 0.1) is 0 Å². The Kier molecular flexibility index (Phi) is 5.99. The molecule has 0 spiro atoms. The number of carbonyl (C=O) groups is 1. The molecule has 100 valence electrons. The number of carbonyl (C=O) groups excluding carboxylic acids is 1. The van der Waals surface area contributed by atoms with Crippen LogP contribution in [0.3, 0.4) is 0 Å². The van der Waals surface area contributed by atoms with Gasteiger partial charge in [-0.1, -0.05) is 13.8 Å². The third-order valence-corrected chi connectivity index (χ3v) is 2.97. The molecule has 0 radical (unpaired) electrons. The Hall–Kier alpha value is -1.22. The molecule has 0 aromatic heterocycles. The van der Waals surface area contributed by atoms with Crippen molar-refractivity contribution in [2.45, 2.75) is 26.7 Å². The first kappa shape index (κ1) is 14.8. The SMILES string of the molecule is CC(C)CCN(C)CCC(=O)c1ccc(F)cc1. The lowest BCUT2D eigenvalue weighted by molar-refractivity contribution is 0.0968. The molecule has 0 aliphatic heterocycles. The molecule has 0 saturated carbocycles. The number of hydrogen-bond acceptors (Lipinski definition) is 2. The standard InChI is InChI=1S/C15H22FNO/c1-12(2)8-10-17(3)11-9-15(18)13-4-6-14(16)7-5-13/h4-7,12H,8-11H2,1-3H3. The maximum Gasteiger partial charge on any atom is 0.164 e. The first-order valence-electron chi connectivity index (χ1n) is 6.46. The Morgan fingerprint density at radius 3 is 2.39 bits per heavy atom. The summed E-state index contributed by atoms with van der Waals surface area (Å²) in [4.78, 5) is 14.0. The first-order chi connectivity index (χ1) is 8.49. The summed E-state index contributed by atoms with van der Waals surface area (Å²) in [7, 11) is 2.03. The maximum atomic E-state index is 12.7. The van der Waals surface area contributed by atoms with E-state index in [1.54, 1.807) is 12.1 Å². The predicted molar refractivity (Wildman–Crippen MR) is 72.3 cm³/mol. The second-order valence-electron chi connectivity index (χ2n) is 5.17. The summed E-state index contributed by atoms with van der Waals surface area (Å²) in [5.41, 5.74) is 0.591. The van der Waals surface area contributed by atoms with Crippen LogP contribution in [0.4, 0.5) is 4.39 Å². The summed E-state index contributed by atoms with van der Waals surface area (Å²) in [5, 5.41) is 0. The molecule has 0 aliphatic carbocycles. The molecule has 0 N–H and O–H groups in total. The van der Waals surface area contributed by atoms with E-state index in [9.17, 15) is 9.18 Å². The molecule has 1 aromatic rings. The third kappa shape index (κ3) is 5.41. The van der Waals surface area contributed by atoms with Crippen molar-refractivity contribution in [3.05, 3.63) is 35.6 Å². The second-order valence-corrected chi connectivity index (χ2v) is 5.17. The molecule has 18 heavy (non-hydrogen) atoms. The van der Waals surface area contributed by atoms with Gasteiger partial charge in [0.25, 0.3) is 0 Å². The van der Waals surface area contributed by atoms with Crippen LogP contribution in [0, 0.1) is 11.7 Å². The fourth-order valence-electron chi connectivity index (χ4n) is 1.66. The Bertz CT molecular complexity index is 373. The monoisotopic (exact) mass is 251 g/mol. The summed E-state index contributed by atoms with van der Waals surface area (Å²) in [6.45, 7) is 6.15. The minimum atomic E-state index is -0.305. The number of ketones is 1. The van der Waals surface area contributed by atoms with E-state index in [4.69, 9.17) is 0 Å². The van der Waals surface area contributed by atoms with Crippen LogP contribution in [-0.4, -0.2) is 30.8 Å². The van der Waals surface area contributed by atoms with Gasteiger partial charge in [-0.15, -0.1) is 0 Å². The lowest BCUT2D eigenvalue weighted by Crippen LogP contribution is -2.24. The van der Waals surface area contributed by atoms with Crippen molar-refractivity contribution < 1.29 is 9.18 Å². The molecule has 0 fully saturated rings. The van der Waals surface area contributed by atoms with Gasteiger partial charge in [0, 0.05) is 18.5 Å². The van der Waals surface area contributed by atoms with E-state index in [0.29, 0.717) is 17.9 Å². The van der Waals surface area contributed by atoms with Gasteiger partial charge in [0.15, 0.2) is 5.78 Å². The summed E-state index contributed by atoms with van der Waals surface area (Å²) < 4.78 is 12.7. The smallest absolute Gasteiger partial charge is 0.164 e. The second kappa shape index (κ2) is 7.27. The molecule has 0 heterocycles. The fourth-order valence-corrected chi connectivity index (χ4v) is 1.66. The van der Waals surface area contributed by atoms with Crippen LogP contribution in [0.5, 0.6) is 0 Å². The van der Waals surface area contributed by atoms with Crippen molar-refractivity contribution >= 4 is 5.78 Å². The van der Waals surface area contributed by atoms with Crippen molar-refractivity contribution in [3.63, 3.8) is 0 Å². The van der Waals surface area contributed by atoms with Crippen LogP contribution >= 0.6 is 0 Å². The van der Waals surface area contributed by atoms with E-state index < -0.39 is 0 Å². The molecule has 0 aliphatic rings. The number of Topliss-reactive ketones (excluding diaryl/α,β-unsaturated/α-hetero) is 1. The summed E-state index contributed by atoms with van der Waals surface area (Å²) in [6.07, 6.45) is 1.63. The Labute approximate surface area is 109 Å². The minimum absolute atomic E-state index is 0.0754. The molecule has 0 bridgehead atoms. The lowest BCUT2D eigenvalue weighted by Gasteiger charge is -2.17. The molecular formula is C15H22FNO. The highest BCUT2D eigenvalue weighted by molar-refractivity contribution is 5.96. The predicted octanol–water partition coefficient (Wildman–Crippen LogP) is 3.38. The van der Waals surface area contributed by atoms with Crippen molar-refractivity contribution in [1.82, 2.24) is 4.90 Å². The van der Waals surface area contributed by atoms with E-state index in [2.05, 4.69) is 18.7 Å². The zero-order valence-electron chi connectivity index (χ0n) is 11.4. The maximum absolute atomic E-state index is 12.7. The lowest BCUT2D eigenvalue weighted by atomic mass is 10.1. The first-order valence-corrected chi connectivity index (χ1v) is 6.46. The highest BCUT2D eigenvalue weighted by Gasteiger charge is 2.08. The third-order valence-electron chi connectivity index (χ3n) is 2.97.